The number of carbonyl (C=O) groups excluding carboxylic acids is 1. The van der Waals surface area contributed by atoms with Crippen LogP contribution in [0, 0.1) is 0 Å². The van der Waals surface area contributed by atoms with Gasteiger partial charge in [-0.05, 0) is 44.8 Å². The summed E-state index contributed by atoms with van der Waals surface area (Å²) in [5, 5.41) is 0. The van der Waals surface area contributed by atoms with Crippen molar-refractivity contribution in [2.45, 2.75) is 36.7 Å². The average molecular weight is 557 g/mol. The Kier molecular flexibility index (Phi) is 8.41. The third-order valence-corrected chi connectivity index (χ3v) is 6.74. The second-order valence-electron chi connectivity index (χ2n) is 7.60. The number of ether oxygens (including phenoxy) is 1. The number of rotatable bonds is 5. The van der Waals surface area contributed by atoms with Gasteiger partial charge in [-0.2, -0.15) is 4.39 Å². The number of alkyl halides is 1. The predicted octanol–water partition coefficient (Wildman–Crippen LogP) is 4.15. The Labute approximate surface area is 188 Å². The van der Waals surface area contributed by atoms with Crippen molar-refractivity contribution < 1.29 is 13.9 Å². The van der Waals surface area contributed by atoms with Crippen LogP contribution in [0.5, 0.6) is 5.75 Å². The topological polar surface area (TPSA) is 36.0 Å². The van der Waals surface area contributed by atoms with Gasteiger partial charge >= 0.3 is 10.7 Å². The first-order valence-electron chi connectivity index (χ1n) is 9.05. The van der Waals surface area contributed by atoms with Gasteiger partial charge in [0.05, 0.1) is 0 Å². The second-order valence-corrected chi connectivity index (χ2v) is 13.2. The largest absolute Gasteiger partial charge is 0.455 e. The van der Waals surface area contributed by atoms with Crippen molar-refractivity contribution in [3.8, 4) is 5.75 Å². The number of likely N-dealkylation sites (N-methyl/N-ethyl adjacent to an activating group) is 1. The molecule has 1 aliphatic heterocycles. The molecule has 1 aromatic carbocycles. The van der Waals surface area contributed by atoms with Gasteiger partial charge in [-0.25, -0.2) is 4.79 Å². The number of hydrogen-bond acceptors (Lipinski definition) is 3. The Morgan fingerprint density at radius 2 is 1.96 bits per heavy atom. The van der Waals surface area contributed by atoms with Gasteiger partial charge in [-0.3, -0.25) is 0 Å². The van der Waals surface area contributed by atoms with E-state index in [1.54, 1.807) is 29.1 Å². The van der Waals surface area contributed by atoms with Crippen molar-refractivity contribution in [2.75, 3.05) is 32.0 Å². The summed E-state index contributed by atoms with van der Waals surface area (Å²) in [6, 6.07) is 7.17. The molecule has 1 saturated heterocycles. The maximum absolute atomic E-state index is 13.7. The Bertz CT molecular complexity index is 689. The fraction of sp³-hybridized carbons (Fsp3) is 0.588. The highest BCUT2D eigenvalue weighted by atomic mass is 127. The maximum atomic E-state index is 13.7. The number of nitrogens with zero attached hydrogens (tertiary/aromatic N) is 3. The van der Waals surface area contributed by atoms with Crippen LogP contribution in [0.15, 0.2) is 24.3 Å². The molecule has 1 aromatic rings. The van der Waals surface area contributed by atoms with Gasteiger partial charge in [0, 0.05) is 36.6 Å². The SMILES string of the molecule is CB(I)N(C(=O)N1CCC(P)(P)C(N(C)C)C1)c1ccc(OC(C)(F)P)cc1. The molecule has 5 nitrogen and oxygen atoms in total. The molecule has 0 spiro atoms. The highest BCUT2D eigenvalue weighted by Gasteiger charge is 2.40. The van der Waals surface area contributed by atoms with Crippen molar-refractivity contribution in [2.24, 2.45) is 0 Å². The van der Waals surface area contributed by atoms with Gasteiger partial charge < -0.3 is 19.3 Å². The molecule has 1 fully saturated rings. The van der Waals surface area contributed by atoms with Crippen LogP contribution in [0.1, 0.15) is 13.3 Å². The number of piperidine rings is 1. The molecule has 5 unspecified atom stereocenters. The monoisotopic (exact) mass is 557 g/mol. The quantitative estimate of drug-likeness (QED) is 0.311. The van der Waals surface area contributed by atoms with Crippen LogP contribution >= 0.6 is 50.1 Å². The predicted molar refractivity (Wildman–Crippen MR) is 136 cm³/mol. The molecule has 2 rings (SSSR count). The average Bonchev–Trinajstić information content (AvgIpc) is 2.54. The Morgan fingerprint density at radius 1 is 1.39 bits per heavy atom. The number of likely N-dealkylation sites (tertiary alicyclic amines) is 1. The van der Waals surface area contributed by atoms with Gasteiger partial charge in [0.1, 0.15) is 5.75 Å². The highest BCUT2D eigenvalue weighted by Crippen LogP contribution is 2.40. The molecule has 0 aromatic heterocycles. The first kappa shape index (κ1) is 24.5. The molecule has 0 saturated carbocycles. The van der Waals surface area contributed by atoms with E-state index in [9.17, 15) is 9.18 Å². The number of hydrogen-bond donors (Lipinski definition) is 0. The standard InChI is InChI=1S/C17H29BFIN3O2P3/c1-16(19,26)25-13-7-5-12(6-8-13)23(18(2)20)15(24)22-10-9-17(27,28)14(11-22)21(3)4/h5-8,14H,9-11,26-28H2,1-4H3. The zero-order valence-corrected chi connectivity index (χ0v) is 22.4. The number of carbonyl (C=O) groups is 1. The molecule has 5 atom stereocenters. The van der Waals surface area contributed by atoms with Crippen LogP contribution < -0.4 is 9.55 Å². The Morgan fingerprint density at radius 3 is 2.43 bits per heavy atom. The zero-order chi connectivity index (χ0) is 21.3. The third-order valence-electron chi connectivity index (χ3n) is 4.72. The minimum absolute atomic E-state index is 0.00276. The molecule has 1 aliphatic rings. The number of halogens is 2. The lowest BCUT2D eigenvalue weighted by Gasteiger charge is -2.47. The molecule has 0 radical (unpaired) electrons. The van der Waals surface area contributed by atoms with Gasteiger partial charge in [0.15, 0.2) is 0 Å². The Balaban J connectivity index is 2.20. The van der Waals surface area contributed by atoms with Gasteiger partial charge in [-0.15, -0.1) is 40.9 Å². The second kappa shape index (κ2) is 9.60. The van der Waals surface area contributed by atoms with Crippen LogP contribution in [-0.4, -0.2) is 64.3 Å². The highest BCUT2D eigenvalue weighted by molar-refractivity contribution is 14.1. The van der Waals surface area contributed by atoms with E-state index < -0.39 is 5.60 Å². The number of urea groups is 1. The van der Waals surface area contributed by atoms with Crippen LogP contribution in [0.3, 0.4) is 0 Å². The van der Waals surface area contributed by atoms with E-state index in [2.05, 4.69) is 45.8 Å². The summed E-state index contributed by atoms with van der Waals surface area (Å²) in [5.41, 5.74) is -1.07. The van der Waals surface area contributed by atoms with E-state index in [0.29, 0.717) is 18.8 Å². The van der Waals surface area contributed by atoms with E-state index in [1.807, 2.05) is 35.1 Å². The number of benzene rings is 1. The molecular weight excluding hydrogens is 528 g/mol. The summed E-state index contributed by atoms with van der Waals surface area (Å²) in [4.78, 5) is 19.2. The van der Waals surface area contributed by atoms with E-state index in [0.717, 1.165) is 12.1 Å². The molecule has 11 heteroatoms. The third kappa shape index (κ3) is 6.38. The first-order chi connectivity index (χ1) is 12.8. The molecular formula is C17H29BFIN3O2P3. The van der Waals surface area contributed by atoms with Crippen LogP contribution in [0.4, 0.5) is 14.9 Å². The maximum Gasteiger partial charge on any atom is 0.334 e. The molecule has 2 amide bonds. The van der Waals surface area contributed by atoms with Crippen molar-refractivity contribution in [1.29, 1.82) is 0 Å². The van der Waals surface area contributed by atoms with Crippen molar-refractivity contribution in [3.05, 3.63) is 24.3 Å². The summed E-state index contributed by atoms with van der Waals surface area (Å²) in [7, 11) is 12.0. The molecule has 28 heavy (non-hydrogen) atoms. The lowest BCUT2D eigenvalue weighted by Crippen LogP contribution is -2.59. The van der Waals surface area contributed by atoms with Crippen LogP contribution in [-0.2, 0) is 0 Å². The lowest BCUT2D eigenvalue weighted by atomic mass is 9.94. The summed E-state index contributed by atoms with van der Waals surface area (Å²) in [6.07, 6.45) is 0.885. The van der Waals surface area contributed by atoms with Gasteiger partial charge in [-0.1, -0.05) is 16.1 Å². The van der Waals surface area contributed by atoms with E-state index >= 15 is 0 Å². The van der Waals surface area contributed by atoms with E-state index in [1.165, 1.54) is 6.92 Å². The minimum Gasteiger partial charge on any atom is -0.455 e. The number of anilines is 1. The fourth-order valence-corrected chi connectivity index (χ4v) is 5.07. The Hall–Kier alpha value is 0.265. The first-order valence-corrected chi connectivity index (χ1v) is 12.0. The lowest BCUT2D eigenvalue weighted by molar-refractivity contribution is 0.0473. The van der Waals surface area contributed by atoms with Crippen LogP contribution in [0.25, 0.3) is 0 Å². The normalized spacial score (nSPS) is 21.2. The van der Waals surface area contributed by atoms with Crippen molar-refractivity contribution >= 4 is 66.5 Å². The summed E-state index contributed by atoms with van der Waals surface area (Å²) >= 11 is 2.24. The molecule has 1 heterocycles. The van der Waals surface area contributed by atoms with Gasteiger partial charge in [0.25, 0.3) is 5.60 Å². The van der Waals surface area contributed by atoms with Crippen molar-refractivity contribution in [3.63, 3.8) is 0 Å². The van der Waals surface area contributed by atoms with E-state index in [-0.39, 0.29) is 21.7 Å². The molecule has 0 aliphatic carbocycles. The summed E-state index contributed by atoms with van der Waals surface area (Å²) < 4.78 is 18.8. The zero-order valence-electron chi connectivity index (χ0n) is 16.7. The smallest absolute Gasteiger partial charge is 0.334 e. The van der Waals surface area contributed by atoms with Crippen molar-refractivity contribution in [1.82, 2.24) is 9.80 Å². The molecule has 0 N–H and O–H groups in total. The molecule has 0 bridgehead atoms. The molecule has 156 valence electrons. The van der Waals surface area contributed by atoms with Gasteiger partial charge in [0.2, 0.25) is 0 Å². The van der Waals surface area contributed by atoms with Crippen LogP contribution in [0.2, 0.25) is 6.82 Å². The number of amides is 2. The summed E-state index contributed by atoms with van der Waals surface area (Å²) in [6.45, 7) is 4.66. The minimum atomic E-state index is -1.83. The summed E-state index contributed by atoms with van der Waals surface area (Å²) in [5.74, 6) is 0.415. The fourth-order valence-electron chi connectivity index (χ4n) is 3.31. The van der Waals surface area contributed by atoms with E-state index in [4.69, 9.17) is 4.74 Å².